The normalized spacial score (nSPS) is 18.2. The topological polar surface area (TPSA) is 80.6 Å². The first-order chi connectivity index (χ1) is 16.0. The van der Waals surface area contributed by atoms with Crippen molar-refractivity contribution in [3.05, 3.63) is 82.4 Å². The molecule has 1 atom stereocenters. The maximum atomic E-state index is 13.2. The van der Waals surface area contributed by atoms with Crippen molar-refractivity contribution in [2.45, 2.75) is 26.2 Å². The molecule has 0 bridgehead atoms. The Morgan fingerprint density at radius 1 is 1.00 bits per heavy atom. The van der Waals surface area contributed by atoms with Gasteiger partial charge in [-0.05, 0) is 36.8 Å². The summed E-state index contributed by atoms with van der Waals surface area (Å²) in [6.07, 6.45) is -0.279. The van der Waals surface area contributed by atoms with E-state index < -0.39 is 0 Å². The Kier molecular flexibility index (Phi) is 5.63. The van der Waals surface area contributed by atoms with Crippen LogP contribution in [0.2, 0.25) is 0 Å². The maximum absolute atomic E-state index is 13.2. The summed E-state index contributed by atoms with van der Waals surface area (Å²) >= 11 is 0. The number of rotatable bonds is 3. The Morgan fingerprint density at radius 2 is 1.70 bits per heavy atom. The number of hydrogen-bond donors (Lipinski definition) is 0. The van der Waals surface area contributed by atoms with E-state index in [4.69, 9.17) is 4.74 Å². The SMILES string of the molecule is Cc1cccc(C(=O)N2CCN(C(=O)c3nnn4c3CO[C@@H](c3ccc(F)cc3)C4)CC2)c1. The third-order valence-corrected chi connectivity index (χ3v) is 6.16. The van der Waals surface area contributed by atoms with Crippen LogP contribution in [-0.2, 0) is 17.9 Å². The van der Waals surface area contributed by atoms with Crippen LogP contribution in [0.3, 0.4) is 0 Å². The van der Waals surface area contributed by atoms with Gasteiger partial charge in [-0.1, -0.05) is 35.0 Å². The largest absolute Gasteiger partial charge is 0.365 e. The highest BCUT2D eigenvalue weighted by atomic mass is 19.1. The Hall–Kier alpha value is -3.59. The van der Waals surface area contributed by atoms with Crippen LogP contribution >= 0.6 is 0 Å². The van der Waals surface area contributed by atoms with Crippen LogP contribution in [0, 0.1) is 12.7 Å². The van der Waals surface area contributed by atoms with E-state index in [1.165, 1.54) is 12.1 Å². The van der Waals surface area contributed by atoms with Crippen LogP contribution in [0.15, 0.2) is 48.5 Å². The molecular weight excluding hydrogens is 425 g/mol. The third kappa shape index (κ3) is 4.23. The predicted octanol–water partition coefficient (Wildman–Crippen LogP) is 2.60. The molecule has 3 aromatic rings. The molecule has 5 rings (SSSR count). The molecule has 3 heterocycles. The van der Waals surface area contributed by atoms with Crippen LogP contribution in [0.4, 0.5) is 4.39 Å². The summed E-state index contributed by atoms with van der Waals surface area (Å²) in [6.45, 7) is 4.35. The van der Waals surface area contributed by atoms with Crippen molar-refractivity contribution in [3.8, 4) is 0 Å². The van der Waals surface area contributed by atoms with E-state index in [2.05, 4.69) is 10.3 Å². The molecule has 1 saturated heterocycles. The Labute approximate surface area is 190 Å². The summed E-state index contributed by atoms with van der Waals surface area (Å²) in [5, 5.41) is 8.29. The number of piperazine rings is 1. The molecule has 0 aliphatic carbocycles. The van der Waals surface area contributed by atoms with E-state index in [-0.39, 0.29) is 36.0 Å². The lowest BCUT2D eigenvalue weighted by atomic mass is 10.1. The van der Waals surface area contributed by atoms with Gasteiger partial charge in [0.1, 0.15) is 11.9 Å². The molecule has 1 aromatic heterocycles. The third-order valence-electron chi connectivity index (χ3n) is 6.16. The highest BCUT2D eigenvalue weighted by Crippen LogP contribution is 2.27. The second kappa shape index (κ2) is 8.74. The number of fused-ring (bicyclic) bond motifs is 1. The quantitative estimate of drug-likeness (QED) is 0.614. The van der Waals surface area contributed by atoms with Crippen molar-refractivity contribution < 1.29 is 18.7 Å². The number of aryl methyl sites for hydroxylation is 1. The Morgan fingerprint density at radius 3 is 2.39 bits per heavy atom. The molecule has 170 valence electrons. The minimum atomic E-state index is -0.301. The van der Waals surface area contributed by atoms with Crippen molar-refractivity contribution in [2.24, 2.45) is 0 Å². The first-order valence-corrected chi connectivity index (χ1v) is 10.9. The van der Waals surface area contributed by atoms with E-state index in [0.29, 0.717) is 44.0 Å². The van der Waals surface area contributed by atoms with Gasteiger partial charge in [-0.2, -0.15) is 0 Å². The monoisotopic (exact) mass is 449 g/mol. The summed E-state index contributed by atoms with van der Waals surface area (Å²) in [7, 11) is 0. The van der Waals surface area contributed by atoms with Gasteiger partial charge in [0.05, 0.1) is 18.8 Å². The summed E-state index contributed by atoms with van der Waals surface area (Å²) in [4.78, 5) is 29.4. The van der Waals surface area contributed by atoms with Crippen molar-refractivity contribution >= 4 is 11.8 Å². The zero-order chi connectivity index (χ0) is 22.9. The second-order valence-electron chi connectivity index (χ2n) is 8.37. The number of carbonyl (C=O) groups excluding carboxylic acids is 2. The number of ether oxygens (including phenoxy) is 1. The number of benzene rings is 2. The molecule has 0 spiro atoms. The summed E-state index contributed by atoms with van der Waals surface area (Å²) in [6, 6.07) is 13.7. The van der Waals surface area contributed by atoms with Gasteiger partial charge in [-0.25, -0.2) is 9.07 Å². The molecule has 0 saturated carbocycles. The van der Waals surface area contributed by atoms with Gasteiger partial charge in [0.2, 0.25) is 0 Å². The van der Waals surface area contributed by atoms with Crippen molar-refractivity contribution in [3.63, 3.8) is 0 Å². The fourth-order valence-electron chi connectivity index (χ4n) is 4.28. The minimum absolute atomic E-state index is 0.0212. The standard InChI is InChI=1S/C24H24FN5O3/c1-16-3-2-4-18(13-16)23(31)28-9-11-29(12-10-28)24(32)22-20-15-33-21(14-30(20)27-26-22)17-5-7-19(25)8-6-17/h2-8,13,21H,9-12,14-15H2,1H3/t21-/m1/s1. The molecule has 8 nitrogen and oxygen atoms in total. The zero-order valence-electron chi connectivity index (χ0n) is 18.3. The number of halogens is 1. The number of aromatic nitrogens is 3. The van der Waals surface area contributed by atoms with E-state index in [0.717, 1.165) is 11.1 Å². The first kappa shape index (κ1) is 21.3. The number of hydrogen-bond acceptors (Lipinski definition) is 5. The summed E-state index contributed by atoms with van der Waals surface area (Å²) in [5.41, 5.74) is 3.47. The maximum Gasteiger partial charge on any atom is 0.276 e. The van der Waals surface area contributed by atoms with E-state index in [1.807, 2.05) is 31.2 Å². The average molecular weight is 449 g/mol. The smallest absolute Gasteiger partial charge is 0.276 e. The van der Waals surface area contributed by atoms with Gasteiger partial charge in [-0.3, -0.25) is 9.59 Å². The molecular formula is C24H24FN5O3. The van der Waals surface area contributed by atoms with E-state index in [9.17, 15) is 14.0 Å². The molecule has 2 aliphatic heterocycles. The van der Waals surface area contributed by atoms with E-state index in [1.54, 1.807) is 26.6 Å². The van der Waals surface area contributed by atoms with Gasteiger partial charge in [-0.15, -0.1) is 5.10 Å². The number of amides is 2. The highest BCUT2D eigenvalue weighted by molar-refractivity contribution is 5.95. The fraction of sp³-hybridized carbons (Fsp3) is 0.333. The highest BCUT2D eigenvalue weighted by Gasteiger charge is 2.32. The van der Waals surface area contributed by atoms with Crippen LogP contribution < -0.4 is 0 Å². The molecule has 2 aliphatic rings. The lowest BCUT2D eigenvalue weighted by Gasteiger charge is -2.34. The van der Waals surface area contributed by atoms with Crippen LogP contribution in [-0.4, -0.2) is 62.8 Å². The molecule has 0 N–H and O–H groups in total. The van der Waals surface area contributed by atoms with Crippen LogP contribution in [0.5, 0.6) is 0 Å². The van der Waals surface area contributed by atoms with Crippen LogP contribution in [0.25, 0.3) is 0 Å². The number of carbonyl (C=O) groups is 2. The summed E-state index contributed by atoms with van der Waals surface area (Å²) < 4.78 is 20.8. The van der Waals surface area contributed by atoms with Gasteiger partial charge < -0.3 is 14.5 Å². The summed E-state index contributed by atoms with van der Waals surface area (Å²) in [5.74, 6) is -0.528. The Balaban J connectivity index is 1.23. The molecule has 1 fully saturated rings. The van der Waals surface area contributed by atoms with Crippen molar-refractivity contribution in [1.29, 1.82) is 0 Å². The molecule has 33 heavy (non-hydrogen) atoms. The fourth-order valence-corrected chi connectivity index (χ4v) is 4.28. The lowest BCUT2D eigenvalue weighted by Crippen LogP contribution is -2.50. The first-order valence-electron chi connectivity index (χ1n) is 10.9. The predicted molar refractivity (Wildman–Crippen MR) is 117 cm³/mol. The Bertz CT molecular complexity index is 1190. The van der Waals surface area contributed by atoms with Gasteiger partial charge in [0, 0.05) is 31.7 Å². The molecule has 0 radical (unpaired) electrons. The number of nitrogens with zero attached hydrogens (tertiary/aromatic N) is 5. The second-order valence-corrected chi connectivity index (χ2v) is 8.37. The molecule has 2 amide bonds. The molecule has 9 heteroatoms. The van der Waals surface area contributed by atoms with Crippen molar-refractivity contribution in [1.82, 2.24) is 24.8 Å². The molecule has 0 unspecified atom stereocenters. The van der Waals surface area contributed by atoms with Crippen LogP contribution in [0.1, 0.15) is 43.8 Å². The van der Waals surface area contributed by atoms with E-state index >= 15 is 0 Å². The average Bonchev–Trinajstić information content (AvgIpc) is 3.27. The zero-order valence-corrected chi connectivity index (χ0v) is 18.3. The lowest BCUT2D eigenvalue weighted by molar-refractivity contribution is -0.00206. The van der Waals surface area contributed by atoms with Gasteiger partial charge >= 0.3 is 0 Å². The van der Waals surface area contributed by atoms with Gasteiger partial charge in [0.25, 0.3) is 11.8 Å². The molecule has 2 aromatic carbocycles. The van der Waals surface area contributed by atoms with Gasteiger partial charge in [0.15, 0.2) is 5.69 Å². The van der Waals surface area contributed by atoms with Crippen molar-refractivity contribution in [2.75, 3.05) is 26.2 Å². The minimum Gasteiger partial charge on any atom is -0.365 e.